The highest BCUT2D eigenvalue weighted by atomic mass is 79.9. The molecule has 2 amide bonds. The minimum absolute atomic E-state index is 0.00597. The fourth-order valence-corrected chi connectivity index (χ4v) is 3.27. The standard InChI is InChI=1S/C11H13BrN2O3S/c1-17-10(15)2-3-14-5-8(13-11(14)16)9-4-7(12)6-18-9/h4,6,8H,2-3,5H2,1H3,(H,13,16). The summed E-state index contributed by atoms with van der Waals surface area (Å²) in [5.41, 5.74) is 0. The highest BCUT2D eigenvalue weighted by Gasteiger charge is 2.30. The Hall–Kier alpha value is -1.08. The van der Waals surface area contributed by atoms with Crippen LogP contribution in [-0.2, 0) is 9.53 Å². The average Bonchev–Trinajstić information content (AvgIpc) is 2.92. The van der Waals surface area contributed by atoms with Crippen LogP contribution in [0.5, 0.6) is 0 Å². The first-order chi connectivity index (χ1) is 8.60. The first-order valence-corrected chi connectivity index (χ1v) is 7.13. The minimum Gasteiger partial charge on any atom is -0.469 e. The van der Waals surface area contributed by atoms with Gasteiger partial charge in [-0.3, -0.25) is 4.79 Å². The van der Waals surface area contributed by atoms with Crippen LogP contribution in [0.25, 0.3) is 0 Å². The molecule has 0 radical (unpaired) electrons. The molecular weight excluding hydrogens is 320 g/mol. The van der Waals surface area contributed by atoms with E-state index in [9.17, 15) is 9.59 Å². The van der Waals surface area contributed by atoms with E-state index in [1.54, 1.807) is 16.2 Å². The van der Waals surface area contributed by atoms with Crippen molar-refractivity contribution in [3.05, 3.63) is 20.8 Å². The lowest BCUT2D eigenvalue weighted by Crippen LogP contribution is -2.30. The number of halogens is 1. The summed E-state index contributed by atoms with van der Waals surface area (Å²) < 4.78 is 5.58. The van der Waals surface area contributed by atoms with Crippen molar-refractivity contribution >= 4 is 39.3 Å². The van der Waals surface area contributed by atoms with Crippen molar-refractivity contribution < 1.29 is 14.3 Å². The molecule has 2 heterocycles. The van der Waals surface area contributed by atoms with Gasteiger partial charge in [0, 0.05) is 27.8 Å². The maximum Gasteiger partial charge on any atom is 0.318 e. The Morgan fingerprint density at radius 1 is 1.72 bits per heavy atom. The summed E-state index contributed by atoms with van der Waals surface area (Å²) in [5.74, 6) is -0.301. The number of rotatable bonds is 4. The van der Waals surface area contributed by atoms with Gasteiger partial charge >= 0.3 is 12.0 Å². The van der Waals surface area contributed by atoms with E-state index < -0.39 is 0 Å². The highest BCUT2D eigenvalue weighted by Crippen LogP contribution is 2.28. The van der Waals surface area contributed by atoms with Crippen LogP contribution in [0.3, 0.4) is 0 Å². The van der Waals surface area contributed by atoms with Crippen LogP contribution in [0.15, 0.2) is 15.9 Å². The van der Waals surface area contributed by atoms with Gasteiger partial charge in [-0.15, -0.1) is 11.3 Å². The van der Waals surface area contributed by atoms with Gasteiger partial charge in [0.1, 0.15) is 0 Å². The number of amides is 2. The van der Waals surface area contributed by atoms with Gasteiger partial charge in [0.25, 0.3) is 0 Å². The third kappa shape index (κ3) is 3.02. The molecule has 7 heteroatoms. The van der Waals surface area contributed by atoms with E-state index in [0.717, 1.165) is 9.35 Å². The number of esters is 1. The van der Waals surface area contributed by atoms with E-state index in [1.165, 1.54) is 7.11 Å². The molecule has 1 aromatic rings. The van der Waals surface area contributed by atoms with E-state index in [2.05, 4.69) is 26.0 Å². The van der Waals surface area contributed by atoms with Crippen LogP contribution in [0.4, 0.5) is 4.79 Å². The number of ether oxygens (including phenoxy) is 1. The number of methoxy groups -OCH3 is 1. The molecule has 0 saturated carbocycles. The second kappa shape index (κ2) is 5.71. The molecule has 5 nitrogen and oxygen atoms in total. The van der Waals surface area contributed by atoms with Gasteiger partial charge in [-0.2, -0.15) is 0 Å². The summed E-state index contributed by atoms with van der Waals surface area (Å²) in [6.07, 6.45) is 0.227. The lowest BCUT2D eigenvalue weighted by molar-refractivity contribution is -0.140. The zero-order valence-electron chi connectivity index (χ0n) is 9.81. The van der Waals surface area contributed by atoms with Crippen LogP contribution < -0.4 is 5.32 Å². The third-order valence-electron chi connectivity index (χ3n) is 2.73. The Labute approximate surface area is 117 Å². The van der Waals surface area contributed by atoms with Gasteiger partial charge in [0.15, 0.2) is 0 Å². The Kier molecular flexibility index (Phi) is 4.23. The minimum atomic E-state index is -0.301. The van der Waals surface area contributed by atoms with Crippen molar-refractivity contribution in [1.29, 1.82) is 0 Å². The lowest BCUT2D eigenvalue weighted by atomic mass is 10.2. The lowest BCUT2D eigenvalue weighted by Gasteiger charge is -2.13. The SMILES string of the molecule is COC(=O)CCN1CC(c2cc(Br)cs2)NC1=O. The second-order valence-corrected chi connectivity index (χ2v) is 5.80. The Balaban J connectivity index is 1.92. The number of hydrogen-bond acceptors (Lipinski definition) is 4. The van der Waals surface area contributed by atoms with Crippen LogP contribution in [0, 0.1) is 0 Å². The average molecular weight is 333 g/mol. The Morgan fingerprint density at radius 2 is 2.50 bits per heavy atom. The number of nitrogens with zero attached hydrogens (tertiary/aromatic N) is 1. The van der Waals surface area contributed by atoms with Crippen molar-refractivity contribution in [3.63, 3.8) is 0 Å². The largest absolute Gasteiger partial charge is 0.469 e. The number of hydrogen-bond donors (Lipinski definition) is 1. The van der Waals surface area contributed by atoms with Crippen LogP contribution >= 0.6 is 27.3 Å². The molecule has 1 unspecified atom stereocenters. The molecule has 1 aliphatic heterocycles. The summed E-state index contributed by atoms with van der Waals surface area (Å²) in [6, 6.07) is 1.87. The molecule has 1 aromatic heterocycles. The number of nitrogens with one attached hydrogen (secondary N) is 1. The maximum absolute atomic E-state index is 11.7. The van der Waals surface area contributed by atoms with Crippen molar-refractivity contribution in [3.8, 4) is 0 Å². The fourth-order valence-electron chi connectivity index (χ4n) is 1.78. The molecule has 1 saturated heterocycles. The zero-order valence-corrected chi connectivity index (χ0v) is 12.2. The van der Waals surface area contributed by atoms with E-state index >= 15 is 0 Å². The van der Waals surface area contributed by atoms with Gasteiger partial charge in [0.2, 0.25) is 0 Å². The monoisotopic (exact) mass is 332 g/mol. The molecule has 1 aliphatic rings. The van der Waals surface area contributed by atoms with Crippen molar-refractivity contribution in [1.82, 2.24) is 10.2 Å². The van der Waals surface area contributed by atoms with Crippen molar-refractivity contribution in [2.75, 3.05) is 20.2 Å². The summed E-state index contributed by atoms with van der Waals surface area (Å²) in [4.78, 5) is 25.5. The van der Waals surface area contributed by atoms with E-state index in [1.807, 2.05) is 11.4 Å². The molecule has 98 valence electrons. The molecule has 1 N–H and O–H groups in total. The predicted octanol–water partition coefficient (Wildman–Crippen LogP) is 2.14. The Bertz CT molecular complexity index is 463. The molecule has 18 heavy (non-hydrogen) atoms. The first-order valence-electron chi connectivity index (χ1n) is 5.46. The summed E-state index contributed by atoms with van der Waals surface area (Å²) >= 11 is 4.99. The summed E-state index contributed by atoms with van der Waals surface area (Å²) in [5, 5.41) is 4.88. The molecule has 0 bridgehead atoms. The summed E-state index contributed by atoms with van der Waals surface area (Å²) in [6.45, 7) is 0.977. The normalized spacial score (nSPS) is 18.9. The van der Waals surface area contributed by atoms with Crippen LogP contribution in [0.2, 0.25) is 0 Å². The molecule has 1 fully saturated rings. The third-order valence-corrected chi connectivity index (χ3v) is 4.54. The number of thiophene rings is 1. The smallest absolute Gasteiger partial charge is 0.318 e. The van der Waals surface area contributed by atoms with Crippen molar-refractivity contribution in [2.45, 2.75) is 12.5 Å². The number of carbonyl (C=O) groups is 2. The molecule has 0 spiro atoms. The predicted molar refractivity (Wildman–Crippen MR) is 71.5 cm³/mol. The van der Waals surface area contributed by atoms with Crippen molar-refractivity contribution in [2.24, 2.45) is 0 Å². The maximum atomic E-state index is 11.7. The van der Waals surface area contributed by atoms with Crippen LogP contribution in [0.1, 0.15) is 17.3 Å². The van der Waals surface area contributed by atoms with E-state index in [-0.39, 0.29) is 24.5 Å². The fraction of sp³-hybridized carbons (Fsp3) is 0.455. The Morgan fingerprint density at radius 3 is 3.11 bits per heavy atom. The second-order valence-electron chi connectivity index (χ2n) is 3.94. The number of carbonyl (C=O) groups excluding carboxylic acids is 2. The summed E-state index contributed by atoms with van der Waals surface area (Å²) in [7, 11) is 1.35. The molecule has 0 aromatic carbocycles. The van der Waals surface area contributed by atoms with Gasteiger partial charge in [0.05, 0.1) is 19.6 Å². The molecule has 1 atom stereocenters. The van der Waals surface area contributed by atoms with Gasteiger partial charge < -0.3 is 15.0 Å². The highest BCUT2D eigenvalue weighted by molar-refractivity contribution is 9.10. The van der Waals surface area contributed by atoms with Gasteiger partial charge in [-0.05, 0) is 22.0 Å². The number of urea groups is 1. The zero-order chi connectivity index (χ0) is 13.1. The van der Waals surface area contributed by atoms with E-state index in [0.29, 0.717) is 13.1 Å². The van der Waals surface area contributed by atoms with E-state index in [4.69, 9.17) is 0 Å². The molecule has 2 rings (SSSR count). The van der Waals surface area contributed by atoms with Gasteiger partial charge in [-0.1, -0.05) is 0 Å². The molecule has 0 aliphatic carbocycles. The topological polar surface area (TPSA) is 58.6 Å². The first kappa shape index (κ1) is 13.4. The quantitative estimate of drug-likeness (QED) is 0.859. The van der Waals surface area contributed by atoms with Gasteiger partial charge in [-0.25, -0.2) is 4.79 Å². The molecular formula is C11H13BrN2O3S. The van der Waals surface area contributed by atoms with Crippen LogP contribution in [-0.4, -0.2) is 37.1 Å².